The van der Waals surface area contributed by atoms with Crippen LogP contribution in [0.5, 0.6) is 11.5 Å². The molecule has 7 heteroatoms. The smallest absolute Gasteiger partial charge is 0.208 e. The van der Waals surface area contributed by atoms with E-state index in [1.165, 1.54) is 19.3 Å². The zero-order chi connectivity index (χ0) is 18.7. The number of ketones is 1. The fourth-order valence-electron chi connectivity index (χ4n) is 2.43. The van der Waals surface area contributed by atoms with Gasteiger partial charge in [-0.25, -0.2) is 4.68 Å². The van der Waals surface area contributed by atoms with Crippen LogP contribution in [0.15, 0.2) is 48.5 Å². The lowest BCUT2D eigenvalue weighted by Crippen LogP contribution is -2.01. The molecule has 0 amide bonds. The van der Waals surface area contributed by atoms with Crippen molar-refractivity contribution in [2.75, 3.05) is 7.11 Å². The second kappa shape index (κ2) is 7.41. The van der Waals surface area contributed by atoms with Gasteiger partial charge in [0.05, 0.1) is 18.5 Å². The number of aromatic hydroxyl groups is 1. The topological polar surface area (TPSA) is 77.2 Å². The fourth-order valence-corrected chi connectivity index (χ4v) is 2.56. The Kier molecular flexibility index (Phi) is 5.04. The van der Waals surface area contributed by atoms with Gasteiger partial charge in [0.15, 0.2) is 17.2 Å². The minimum absolute atomic E-state index is 0.0396. The van der Waals surface area contributed by atoms with Crippen molar-refractivity contribution in [1.82, 2.24) is 15.0 Å². The van der Waals surface area contributed by atoms with E-state index in [2.05, 4.69) is 10.3 Å². The summed E-state index contributed by atoms with van der Waals surface area (Å²) in [5.41, 5.74) is 2.38. The van der Waals surface area contributed by atoms with E-state index in [1.54, 1.807) is 54.1 Å². The first kappa shape index (κ1) is 17.7. The number of carbonyl (C=O) groups is 1. The van der Waals surface area contributed by atoms with Crippen LogP contribution in [-0.4, -0.2) is 33.0 Å². The molecule has 0 spiro atoms. The summed E-state index contributed by atoms with van der Waals surface area (Å²) < 4.78 is 6.64. The van der Waals surface area contributed by atoms with E-state index in [-0.39, 0.29) is 17.2 Å². The van der Waals surface area contributed by atoms with Crippen molar-refractivity contribution < 1.29 is 14.6 Å². The maximum Gasteiger partial charge on any atom is 0.208 e. The van der Waals surface area contributed by atoms with Gasteiger partial charge < -0.3 is 9.84 Å². The van der Waals surface area contributed by atoms with Crippen LogP contribution in [0.25, 0.3) is 11.8 Å². The molecule has 1 N–H and O–H groups in total. The maximum atomic E-state index is 12.5. The van der Waals surface area contributed by atoms with Crippen molar-refractivity contribution in [1.29, 1.82) is 0 Å². The van der Waals surface area contributed by atoms with Gasteiger partial charge in [-0.15, -0.1) is 5.10 Å². The molecule has 3 rings (SSSR count). The van der Waals surface area contributed by atoms with Gasteiger partial charge in [0.2, 0.25) is 5.78 Å². The number of benzene rings is 2. The van der Waals surface area contributed by atoms with Crippen molar-refractivity contribution in [3.05, 3.63) is 70.5 Å². The van der Waals surface area contributed by atoms with Crippen LogP contribution in [0, 0.1) is 6.92 Å². The second-order valence-electron chi connectivity index (χ2n) is 5.54. The highest BCUT2D eigenvalue weighted by molar-refractivity contribution is 6.30. The number of ether oxygens (including phenoxy) is 1. The molecule has 0 unspecified atom stereocenters. The van der Waals surface area contributed by atoms with Crippen LogP contribution >= 0.6 is 11.6 Å². The van der Waals surface area contributed by atoms with Gasteiger partial charge in [0, 0.05) is 5.02 Å². The molecule has 132 valence electrons. The number of hydrogen-bond acceptors (Lipinski definition) is 5. The van der Waals surface area contributed by atoms with E-state index >= 15 is 0 Å². The average Bonchev–Trinajstić information content (AvgIpc) is 3.03. The number of nitrogens with zero attached hydrogens (tertiary/aromatic N) is 3. The quantitative estimate of drug-likeness (QED) is 0.546. The number of phenols is 1. The Morgan fingerprint density at radius 1 is 1.23 bits per heavy atom. The number of halogens is 1. The first-order valence-corrected chi connectivity index (χ1v) is 8.15. The van der Waals surface area contributed by atoms with Crippen molar-refractivity contribution in [2.45, 2.75) is 6.92 Å². The van der Waals surface area contributed by atoms with Crippen molar-refractivity contribution in [3.63, 3.8) is 0 Å². The Hall–Kier alpha value is -3.12. The minimum Gasteiger partial charge on any atom is -0.504 e. The van der Waals surface area contributed by atoms with Crippen molar-refractivity contribution in [3.8, 4) is 17.2 Å². The van der Waals surface area contributed by atoms with E-state index < -0.39 is 0 Å². The molecule has 1 aromatic heterocycles. The third kappa shape index (κ3) is 3.60. The number of carbonyl (C=O) groups excluding carboxylic acids is 1. The fraction of sp³-hybridized carbons (Fsp3) is 0.105. The van der Waals surface area contributed by atoms with Crippen LogP contribution in [0.2, 0.25) is 5.02 Å². The van der Waals surface area contributed by atoms with Crippen molar-refractivity contribution in [2.24, 2.45) is 0 Å². The lowest BCUT2D eigenvalue weighted by molar-refractivity contribution is 0.104. The summed E-state index contributed by atoms with van der Waals surface area (Å²) in [5.74, 6) is 0.108. The van der Waals surface area contributed by atoms with E-state index in [1.807, 2.05) is 0 Å². The number of allylic oxidation sites excluding steroid dienone is 1. The highest BCUT2D eigenvalue weighted by Crippen LogP contribution is 2.26. The monoisotopic (exact) mass is 369 g/mol. The number of hydrogen-bond donors (Lipinski definition) is 1. The SMILES string of the molecule is COc1cc(/C=C/C(=O)c2nnn(-c3ccc(Cl)cc3)c2C)ccc1O. The number of phenolic OH excluding ortho intramolecular Hbond substituents is 1. The molecular weight excluding hydrogens is 354 g/mol. The van der Waals surface area contributed by atoms with E-state index in [0.29, 0.717) is 16.5 Å². The highest BCUT2D eigenvalue weighted by atomic mass is 35.5. The standard InChI is InChI=1S/C19H16ClN3O3/c1-12-19(21-22-23(12)15-7-5-14(20)6-8-15)17(25)10-4-13-3-9-16(24)18(11-13)26-2/h3-11,24H,1-2H3/b10-4+. The third-order valence-corrected chi connectivity index (χ3v) is 4.08. The van der Waals surface area contributed by atoms with Crippen LogP contribution < -0.4 is 4.74 Å². The van der Waals surface area contributed by atoms with Gasteiger partial charge in [0.1, 0.15) is 0 Å². The molecule has 0 aliphatic rings. The Morgan fingerprint density at radius 3 is 2.65 bits per heavy atom. The first-order chi connectivity index (χ1) is 12.5. The third-order valence-electron chi connectivity index (χ3n) is 3.83. The van der Waals surface area contributed by atoms with Gasteiger partial charge in [-0.05, 0) is 55.0 Å². The average molecular weight is 370 g/mol. The second-order valence-corrected chi connectivity index (χ2v) is 5.98. The summed E-state index contributed by atoms with van der Waals surface area (Å²) in [6, 6.07) is 11.9. The molecule has 2 aromatic carbocycles. The molecular formula is C19H16ClN3O3. The van der Waals surface area contributed by atoms with Crippen LogP contribution in [-0.2, 0) is 0 Å². The molecule has 3 aromatic rings. The summed E-state index contributed by atoms with van der Waals surface area (Å²) >= 11 is 5.89. The first-order valence-electron chi connectivity index (χ1n) is 7.77. The Bertz CT molecular complexity index is 978. The molecule has 0 atom stereocenters. The van der Waals surface area contributed by atoms with Gasteiger partial charge >= 0.3 is 0 Å². The number of rotatable bonds is 5. The summed E-state index contributed by atoms with van der Waals surface area (Å²) in [6.07, 6.45) is 3.04. The van der Waals surface area contributed by atoms with Crippen LogP contribution in [0.1, 0.15) is 21.7 Å². The largest absolute Gasteiger partial charge is 0.504 e. The molecule has 0 radical (unpaired) electrons. The molecule has 6 nitrogen and oxygen atoms in total. The molecule has 0 aliphatic carbocycles. The maximum absolute atomic E-state index is 12.5. The number of aromatic nitrogens is 3. The summed E-state index contributed by atoms with van der Waals surface area (Å²) in [4.78, 5) is 12.5. The summed E-state index contributed by atoms with van der Waals surface area (Å²) in [5, 5.41) is 18.3. The normalized spacial score (nSPS) is 11.0. The van der Waals surface area contributed by atoms with Crippen LogP contribution in [0.4, 0.5) is 0 Å². The van der Waals surface area contributed by atoms with Crippen molar-refractivity contribution >= 4 is 23.5 Å². The zero-order valence-corrected chi connectivity index (χ0v) is 14.9. The van der Waals surface area contributed by atoms with E-state index in [9.17, 15) is 9.90 Å². The molecule has 26 heavy (non-hydrogen) atoms. The highest BCUT2D eigenvalue weighted by Gasteiger charge is 2.15. The van der Waals surface area contributed by atoms with E-state index in [0.717, 1.165) is 11.3 Å². The predicted octanol–water partition coefficient (Wildman–Crippen LogP) is 3.84. The number of methoxy groups -OCH3 is 1. The van der Waals surface area contributed by atoms with Gasteiger partial charge in [-0.3, -0.25) is 4.79 Å². The van der Waals surface area contributed by atoms with Gasteiger partial charge in [0.25, 0.3) is 0 Å². The van der Waals surface area contributed by atoms with Gasteiger partial charge in [-0.1, -0.05) is 29.0 Å². The zero-order valence-electron chi connectivity index (χ0n) is 14.2. The molecule has 1 heterocycles. The Balaban J connectivity index is 1.83. The Labute approximate surface area is 155 Å². The Morgan fingerprint density at radius 2 is 1.96 bits per heavy atom. The molecule has 0 aliphatic heterocycles. The summed E-state index contributed by atoms with van der Waals surface area (Å²) in [6.45, 7) is 1.78. The molecule has 0 saturated heterocycles. The van der Waals surface area contributed by atoms with E-state index in [4.69, 9.17) is 16.3 Å². The van der Waals surface area contributed by atoms with Crippen LogP contribution in [0.3, 0.4) is 0 Å². The lowest BCUT2D eigenvalue weighted by Gasteiger charge is -2.04. The van der Waals surface area contributed by atoms with Gasteiger partial charge in [-0.2, -0.15) is 0 Å². The molecule has 0 saturated carbocycles. The predicted molar refractivity (Wildman–Crippen MR) is 99.1 cm³/mol. The molecule has 0 bridgehead atoms. The molecule has 0 fully saturated rings. The minimum atomic E-state index is -0.269. The lowest BCUT2D eigenvalue weighted by atomic mass is 10.1. The summed E-state index contributed by atoms with van der Waals surface area (Å²) in [7, 11) is 1.46.